The Hall–Kier alpha value is -2.22. The van der Waals surface area contributed by atoms with E-state index >= 15 is 0 Å². The molecule has 2 N–H and O–H groups in total. The van der Waals surface area contributed by atoms with Gasteiger partial charge in [0.25, 0.3) is 0 Å². The average molecular weight is 466 g/mol. The monoisotopic (exact) mass is 465 g/mol. The summed E-state index contributed by atoms with van der Waals surface area (Å²) in [6.07, 6.45) is 1.75. The van der Waals surface area contributed by atoms with Crippen LogP contribution in [0.25, 0.3) is 0 Å². The Morgan fingerprint density at radius 3 is 2.25 bits per heavy atom. The number of thiol groups is 1. The summed E-state index contributed by atoms with van der Waals surface area (Å²) in [6.45, 7) is 11.7. The summed E-state index contributed by atoms with van der Waals surface area (Å²) < 4.78 is 5.31. The minimum absolute atomic E-state index is 0.0734. The lowest BCUT2D eigenvalue weighted by atomic mass is 10.00. The molecule has 0 saturated heterocycles. The molecule has 3 amide bonds. The smallest absolute Gasteiger partial charge is 0.408 e. The van der Waals surface area contributed by atoms with Crippen molar-refractivity contribution in [3.8, 4) is 0 Å². The number of hydrogen-bond acceptors (Lipinski definition) is 5. The minimum Gasteiger partial charge on any atom is -0.444 e. The number of benzene rings is 1. The van der Waals surface area contributed by atoms with Crippen LogP contribution in [0.2, 0.25) is 0 Å². The van der Waals surface area contributed by atoms with Crippen LogP contribution in [0, 0.1) is 0 Å². The molecular weight excluding hydrogens is 426 g/mol. The molecule has 0 spiro atoms. The Kier molecular flexibility index (Phi) is 11.6. The number of carbonyl (C=O) groups excluding carboxylic acids is 3. The lowest BCUT2D eigenvalue weighted by Gasteiger charge is -2.38. The second kappa shape index (κ2) is 13.4. The number of alkyl carbamates (subject to hydrolysis) is 1. The highest BCUT2D eigenvalue weighted by Gasteiger charge is 2.37. The zero-order valence-corrected chi connectivity index (χ0v) is 21.1. The number of ether oxygens (including phenoxy) is 1. The van der Waals surface area contributed by atoms with E-state index in [0.29, 0.717) is 18.5 Å². The number of nitrogens with one attached hydrogen (secondary N) is 2. The number of unbranched alkanes of at least 4 members (excludes halogenated alkanes) is 1. The van der Waals surface area contributed by atoms with Gasteiger partial charge < -0.3 is 20.3 Å². The molecule has 0 aliphatic carbocycles. The maximum Gasteiger partial charge on any atom is 0.408 e. The standard InChI is InChI=1S/C24H39N3O4S/c1-7-9-15-25-21(28)20(18-13-11-10-12-14-18)27(17(3)8-2)22(29)19(16-32)26-23(30)31-24(4,5)6/h10-14,17,19-20,32H,7-9,15-16H2,1-6H3,(H,25,28)(H,26,30). The number of nitrogens with zero attached hydrogens (tertiary/aromatic N) is 1. The zero-order valence-electron chi connectivity index (χ0n) is 20.2. The fourth-order valence-corrected chi connectivity index (χ4v) is 3.42. The molecule has 3 unspecified atom stereocenters. The normalized spacial score (nSPS) is 14.1. The Morgan fingerprint density at radius 1 is 1.12 bits per heavy atom. The Balaban J connectivity index is 3.29. The predicted octanol–water partition coefficient (Wildman–Crippen LogP) is 4.09. The molecule has 0 aliphatic rings. The van der Waals surface area contributed by atoms with Crippen LogP contribution in [-0.2, 0) is 14.3 Å². The Morgan fingerprint density at radius 2 is 1.75 bits per heavy atom. The molecule has 8 heteroatoms. The number of carbonyl (C=O) groups is 3. The minimum atomic E-state index is -0.933. The summed E-state index contributed by atoms with van der Waals surface area (Å²) >= 11 is 4.29. The summed E-state index contributed by atoms with van der Waals surface area (Å²) in [4.78, 5) is 40.8. The maximum absolute atomic E-state index is 13.7. The van der Waals surface area contributed by atoms with Gasteiger partial charge in [0.15, 0.2) is 0 Å². The summed E-state index contributed by atoms with van der Waals surface area (Å²) in [5.41, 5.74) is 0.0153. The molecule has 0 radical (unpaired) electrons. The van der Waals surface area contributed by atoms with Gasteiger partial charge in [-0.25, -0.2) is 4.79 Å². The van der Waals surface area contributed by atoms with Crippen molar-refractivity contribution in [1.29, 1.82) is 0 Å². The van der Waals surface area contributed by atoms with E-state index < -0.39 is 23.8 Å². The molecule has 0 aliphatic heterocycles. The summed E-state index contributed by atoms with van der Waals surface area (Å²) in [6, 6.07) is 7.23. The van der Waals surface area contributed by atoms with Gasteiger partial charge in [-0.3, -0.25) is 9.59 Å². The summed E-state index contributed by atoms with van der Waals surface area (Å²) in [5.74, 6) is -0.544. The molecular formula is C24H39N3O4S. The molecule has 3 atom stereocenters. The Labute approximate surface area is 198 Å². The van der Waals surface area contributed by atoms with Gasteiger partial charge in [-0.1, -0.05) is 50.6 Å². The van der Waals surface area contributed by atoms with Crippen molar-refractivity contribution < 1.29 is 19.1 Å². The SMILES string of the molecule is CCCCNC(=O)C(c1ccccc1)N(C(=O)C(CS)NC(=O)OC(C)(C)C)C(C)CC. The lowest BCUT2D eigenvalue weighted by Crippen LogP contribution is -2.56. The molecule has 7 nitrogen and oxygen atoms in total. The molecule has 0 aromatic heterocycles. The van der Waals surface area contributed by atoms with Gasteiger partial charge in [-0.05, 0) is 46.1 Å². The van der Waals surface area contributed by atoms with Crippen molar-refractivity contribution in [2.75, 3.05) is 12.3 Å². The van der Waals surface area contributed by atoms with Crippen LogP contribution in [0.4, 0.5) is 4.79 Å². The van der Waals surface area contributed by atoms with E-state index in [-0.39, 0.29) is 23.6 Å². The average Bonchev–Trinajstić information content (AvgIpc) is 2.74. The first-order valence-corrected chi connectivity index (χ1v) is 11.9. The van der Waals surface area contributed by atoms with Crippen molar-refractivity contribution in [3.05, 3.63) is 35.9 Å². The first-order valence-electron chi connectivity index (χ1n) is 11.3. The van der Waals surface area contributed by atoms with Gasteiger partial charge >= 0.3 is 6.09 Å². The zero-order chi connectivity index (χ0) is 24.3. The van der Waals surface area contributed by atoms with Crippen molar-refractivity contribution in [2.24, 2.45) is 0 Å². The number of amides is 3. The van der Waals surface area contributed by atoms with Crippen LogP contribution in [-0.4, -0.2) is 52.8 Å². The first-order chi connectivity index (χ1) is 15.1. The van der Waals surface area contributed by atoms with Crippen LogP contribution in [0.3, 0.4) is 0 Å². The molecule has 32 heavy (non-hydrogen) atoms. The first kappa shape index (κ1) is 27.8. The third-order valence-electron chi connectivity index (χ3n) is 4.96. The van der Waals surface area contributed by atoms with Gasteiger partial charge in [0.2, 0.25) is 11.8 Å². The second-order valence-electron chi connectivity index (χ2n) is 8.84. The highest BCUT2D eigenvalue weighted by atomic mass is 32.1. The van der Waals surface area contributed by atoms with Crippen molar-refractivity contribution in [2.45, 2.75) is 84.5 Å². The fraction of sp³-hybridized carbons (Fsp3) is 0.625. The predicted molar refractivity (Wildman–Crippen MR) is 131 cm³/mol. The van der Waals surface area contributed by atoms with Crippen LogP contribution in [0.1, 0.15) is 72.4 Å². The quantitative estimate of drug-likeness (QED) is 0.339. The van der Waals surface area contributed by atoms with E-state index in [0.717, 1.165) is 12.8 Å². The van der Waals surface area contributed by atoms with Gasteiger partial charge in [0.1, 0.15) is 17.7 Å². The topological polar surface area (TPSA) is 87.7 Å². The van der Waals surface area contributed by atoms with Gasteiger partial charge in [-0.2, -0.15) is 12.6 Å². The van der Waals surface area contributed by atoms with Gasteiger partial charge in [0.05, 0.1) is 0 Å². The molecule has 0 heterocycles. The van der Waals surface area contributed by atoms with Crippen LogP contribution < -0.4 is 10.6 Å². The van der Waals surface area contributed by atoms with E-state index in [4.69, 9.17) is 4.74 Å². The summed E-state index contributed by atoms with van der Waals surface area (Å²) in [7, 11) is 0. The highest BCUT2D eigenvalue weighted by molar-refractivity contribution is 7.80. The van der Waals surface area contributed by atoms with E-state index in [1.54, 1.807) is 25.7 Å². The molecule has 1 aromatic rings. The molecule has 0 saturated carbocycles. The van der Waals surface area contributed by atoms with E-state index in [9.17, 15) is 14.4 Å². The van der Waals surface area contributed by atoms with Crippen LogP contribution in [0.5, 0.6) is 0 Å². The molecule has 1 rings (SSSR count). The largest absolute Gasteiger partial charge is 0.444 e. The van der Waals surface area contributed by atoms with E-state index in [2.05, 4.69) is 30.2 Å². The Bertz CT molecular complexity index is 737. The second-order valence-corrected chi connectivity index (χ2v) is 9.21. The van der Waals surface area contributed by atoms with Crippen molar-refractivity contribution in [1.82, 2.24) is 15.5 Å². The fourth-order valence-electron chi connectivity index (χ4n) is 3.17. The van der Waals surface area contributed by atoms with Crippen molar-refractivity contribution >= 4 is 30.5 Å². The lowest BCUT2D eigenvalue weighted by molar-refractivity contribution is -0.144. The van der Waals surface area contributed by atoms with E-state index in [1.807, 2.05) is 44.2 Å². The maximum atomic E-state index is 13.7. The number of hydrogen-bond donors (Lipinski definition) is 3. The molecule has 0 bridgehead atoms. The van der Waals surface area contributed by atoms with Crippen molar-refractivity contribution in [3.63, 3.8) is 0 Å². The van der Waals surface area contributed by atoms with Gasteiger partial charge in [-0.15, -0.1) is 0 Å². The number of rotatable bonds is 11. The molecule has 180 valence electrons. The molecule has 0 fully saturated rings. The van der Waals surface area contributed by atoms with Gasteiger partial charge in [0, 0.05) is 18.3 Å². The van der Waals surface area contributed by atoms with Crippen LogP contribution >= 0.6 is 12.6 Å². The van der Waals surface area contributed by atoms with Crippen LogP contribution in [0.15, 0.2) is 30.3 Å². The summed E-state index contributed by atoms with van der Waals surface area (Å²) in [5, 5.41) is 5.58. The highest BCUT2D eigenvalue weighted by Crippen LogP contribution is 2.26. The van der Waals surface area contributed by atoms with E-state index in [1.165, 1.54) is 0 Å². The third-order valence-corrected chi connectivity index (χ3v) is 5.33. The molecule has 1 aromatic carbocycles. The third kappa shape index (κ3) is 8.73.